The molecule has 6 nitrogen and oxygen atoms in total. The van der Waals surface area contributed by atoms with Crippen molar-refractivity contribution >= 4 is 33.1 Å². The van der Waals surface area contributed by atoms with E-state index in [0.717, 1.165) is 26.4 Å². The summed E-state index contributed by atoms with van der Waals surface area (Å²) in [5, 5.41) is 7.80. The molecule has 0 saturated heterocycles. The van der Waals surface area contributed by atoms with Gasteiger partial charge in [-0.15, -0.1) is 11.3 Å². The van der Waals surface area contributed by atoms with E-state index in [1.165, 1.54) is 0 Å². The Morgan fingerprint density at radius 2 is 2.00 bits per heavy atom. The van der Waals surface area contributed by atoms with Gasteiger partial charge in [0.15, 0.2) is 5.69 Å². The molecule has 0 spiro atoms. The van der Waals surface area contributed by atoms with E-state index in [-0.39, 0.29) is 5.91 Å². The summed E-state index contributed by atoms with van der Waals surface area (Å²) in [5.74, 6) is 0.372. The van der Waals surface area contributed by atoms with Crippen LogP contribution in [0, 0.1) is 6.92 Å². The SMILES string of the molecule is Cc1onc(C(=O)Nc2cccc(-c3nc4ccccc4s3)c2)c1CN(C)C. The zero-order chi connectivity index (χ0) is 19.7. The summed E-state index contributed by atoms with van der Waals surface area (Å²) in [7, 11) is 3.88. The van der Waals surface area contributed by atoms with Gasteiger partial charge in [0, 0.05) is 23.4 Å². The van der Waals surface area contributed by atoms with Crippen LogP contribution in [0.25, 0.3) is 20.8 Å². The van der Waals surface area contributed by atoms with E-state index in [0.29, 0.717) is 23.7 Å². The Morgan fingerprint density at radius 1 is 1.18 bits per heavy atom. The Balaban J connectivity index is 1.59. The Hall–Kier alpha value is -3.03. The Labute approximate surface area is 166 Å². The molecule has 2 aromatic heterocycles. The van der Waals surface area contributed by atoms with Gasteiger partial charge in [0.2, 0.25) is 0 Å². The van der Waals surface area contributed by atoms with Crippen molar-refractivity contribution in [3.63, 3.8) is 0 Å². The molecular weight excluding hydrogens is 372 g/mol. The van der Waals surface area contributed by atoms with Gasteiger partial charge in [-0.3, -0.25) is 4.79 Å². The number of amides is 1. The van der Waals surface area contributed by atoms with Crippen molar-refractivity contribution < 1.29 is 9.32 Å². The van der Waals surface area contributed by atoms with Crippen molar-refractivity contribution in [2.24, 2.45) is 0 Å². The molecule has 2 aromatic carbocycles. The van der Waals surface area contributed by atoms with Crippen LogP contribution in [0.15, 0.2) is 53.1 Å². The van der Waals surface area contributed by atoms with Crippen LogP contribution in [0.2, 0.25) is 0 Å². The van der Waals surface area contributed by atoms with Gasteiger partial charge in [0.05, 0.1) is 10.2 Å². The minimum atomic E-state index is -0.282. The molecule has 0 aliphatic carbocycles. The number of hydrogen-bond donors (Lipinski definition) is 1. The molecule has 28 heavy (non-hydrogen) atoms. The van der Waals surface area contributed by atoms with Crippen molar-refractivity contribution in [3.8, 4) is 10.6 Å². The lowest BCUT2D eigenvalue weighted by Crippen LogP contribution is -2.18. The second kappa shape index (κ2) is 7.53. The van der Waals surface area contributed by atoms with Gasteiger partial charge in [-0.05, 0) is 45.3 Å². The quantitative estimate of drug-likeness (QED) is 0.538. The Kier molecular flexibility index (Phi) is 4.93. The largest absolute Gasteiger partial charge is 0.361 e. The molecule has 0 aliphatic rings. The molecule has 0 saturated carbocycles. The van der Waals surface area contributed by atoms with Gasteiger partial charge < -0.3 is 14.7 Å². The molecule has 4 rings (SSSR count). The number of anilines is 1. The van der Waals surface area contributed by atoms with Crippen molar-refractivity contribution in [1.82, 2.24) is 15.0 Å². The maximum absolute atomic E-state index is 12.8. The molecule has 1 amide bonds. The van der Waals surface area contributed by atoms with Crippen molar-refractivity contribution in [2.45, 2.75) is 13.5 Å². The highest BCUT2D eigenvalue weighted by Crippen LogP contribution is 2.31. The molecule has 0 fully saturated rings. The molecule has 0 bridgehead atoms. The maximum Gasteiger partial charge on any atom is 0.278 e. The number of carbonyl (C=O) groups is 1. The smallest absolute Gasteiger partial charge is 0.278 e. The summed E-state index contributed by atoms with van der Waals surface area (Å²) >= 11 is 1.63. The number of hydrogen-bond acceptors (Lipinski definition) is 6. The number of nitrogens with zero attached hydrogens (tertiary/aromatic N) is 3. The van der Waals surface area contributed by atoms with E-state index in [9.17, 15) is 4.79 Å². The van der Waals surface area contributed by atoms with E-state index in [1.807, 2.05) is 68.4 Å². The molecule has 0 aliphatic heterocycles. The molecule has 0 unspecified atom stereocenters. The minimum Gasteiger partial charge on any atom is -0.361 e. The van der Waals surface area contributed by atoms with E-state index < -0.39 is 0 Å². The lowest BCUT2D eigenvalue weighted by atomic mass is 10.1. The number of para-hydroxylation sites is 1. The summed E-state index contributed by atoms with van der Waals surface area (Å²) in [5.41, 5.74) is 3.74. The number of aromatic nitrogens is 2. The van der Waals surface area contributed by atoms with E-state index in [1.54, 1.807) is 11.3 Å². The highest BCUT2D eigenvalue weighted by molar-refractivity contribution is 7.21. The minimum absolute atomic E-state index is 0.282. The highest BCUT2D eigenvalue weighted by atomic mass is 32.1. The van der Waals surface area contributed by atoms with Crippen LogP contribution >= 0.6 is 11.3 Å². The number of fused-ring (bicyclic) bond motifs is 1. The Bertz CT molecular complexity index is 1110. The standard InChI is InChI=1S/C21H20N4O2S/c1-13-16(12-25(2)3)19(24-27-13)20(26)22-15-8-6-7-14(11-15)21-23-17-9-4-5-10-18(17)28-21/h4-11H,12H2,1-3H3,(H,22,26). The van der Waals surface area contributed by atoms with Crippen molar-refractivity contribution in [1.29, 1.82) is 0 Å². The van der Waals surface area contributed by atoms with Gasteiger partial charge in [0.25, 0.3) is 5.91 Å². The van der Waals surface area contributed by atoms with Crippen LogP contribution in [0.4, 0.5) is 5.69 Å². The zero-order valence-corrected chi connectivity index (χ0v) is 16.7. The van der Waals surface area contributed by atoms with Gasteiger partial charge >= 0.3 is 0 Å². The van der Waals surface area contributed by atoms with E-state index in [2.05, 4.69) is 21.5 Å². The summed E-state index contributed by atoms with van der Waals surface area (Å²) in [6.45, 7) is 2.40. The number of benzene rings is 2. The van der Waals surface area contributed by atoms with Crippen LogP contribution in [0.3, 0.4) is 0 Å². The second-order valence-electron chi connectivity index (χ2n) is 6.83. The first kappa shape index (κ1) is 18.3. The fourth-order valence-corrected chi connectivity index (χ4v) is 3.95. The third-order valence-electron chi connectivity index (χ3n) is 4.34. The highest BCUT2D eigenvalue weighted by Gasteiger charge is 2.20. The third kappa shape index (κ3) is 3.67. The Morgan fingerprint density at radius 3 is 2.79 bits per heavy atom. The normalized spacial score (nSPS) is 11.3. The van der Waals surface area contributed by atoms with Crippen LogP contribution < -0.4 is 5.32 Å². The zero-order valence-electron chi connectivity index (χ0n) is 15.9. The summed E-state index contributed by atoms with van der Waals surface area (Å²) in [6.07, 6.45) is 0. The molecule has 142 valence electrons. The number of carbonyl (C=O) groups excluding carboxylic acids is 1. The molecule has 7 heteroatoms. The fraction of sp³-hybridized carbons (Fsp3) is 0.190. The molecule has 0 radical (unpaired) electrons. The second-order valence-corrected chi connectivity index (χ2v) is 7.86. The average Bonchev–Trinajstić information content (AvgIpc) is 3.26. The number of thiazole rings is 1. The van der Waals surface area contributed by atoms with Crippen LogP contribution in [-0.2, 0) is 6.54 Å². The van der Waals surface area contributed by atoms with Gasteiger partial charge in [-0.25, -0.2) is 4.98 Å². The first-order chi connectivity index (χ1) is 13.5. The van der Waals surface area contributed by atoms with Crippen molar-refractivity contribution in [2.75, 3.05) is 19.4 Å². The van der Waals surface area contributed by atoms with Crippen LogP contribution in [0.5, 0.6) is 0 Å². The molecule has 4 aromatic rings. The molecule has 0 atom stereocenters. The average molecular weight is 392 g/mol. The fourth-order valence-electron chi connectivity index (χ4n) is 2.99. The molecular formula is C21H20N4O2S. The lowest BCUT2D eigenvalue weighted by Gasteiger charge is -2.10. The number of nitrogens with one attached hydrogen (secondary N) is 1. The lowest BCUT2D eigenvalue weighted by molar-refractivity contribution is 0.101. The summed E-state index contributed by atoms with van der Waals surface area (Å²) in [4.78, 5) is 19.4. The van der Waals surface area contributed by atoms with E-state index >= 15 is 0 Å². The first-order valence-electron chi connectivity index (χ1n) is 8.88. The summed E-state index contributed by atoms with van der Waals surface area (Å²) in [6, 6.07) is 15.7. The summed E-state index contributed by atoms with van der Waals surface area (Å²) < 4.78 is 6.37. The topological polar surface area (TPSA) is 71.3 Å². The molecule has 2 heterocycles. The van der Waals surface area contributed by atoms with Gasteiger partial charge in [-0.2, -0.15) is 0 Å². The first-order valence-corrected chi connectivity index (χ1v) is 9.70. The van der Waals surface area contributed by atoms with Crippen LogP contribution in [0.1, 0.15) is 21.8 Å². The van der Waals surface area contributed by atoms with Crippen LogP contribution in [-0.4, -0.2) is 35.0 Å². The van der Waals surface area contributed by atoms with Crippen molar-refractivity contribution in [3.05, 3.63) is 65.5 Å². The van der Waals surface area contributed by atoms with E-state index in [4.69, 9.17) is 4.52 Å². The maximum atomic E-state index is 12.8. The van der Waals surface area contributed by atoms with Gasteiger partial charge in [0.1, 0.15) is 10.8 Å². The molecule has 1 N–H and O–H groups in total. The number of aryl methyl sites for hydroxylation is 1. The predicted molar refractivity (Wildman–Crippen MR) is 112 cm³/mol. The number of rotatable bonds is 5. The predicted octanol–water partition coefficient (Wildman–Crippen LogP) is 4.57. The third-order valence-corrected chi connectivity index (χ3v) is 5.42. The van der Waals surface area contributed by atoms with Gasteiger partial charge in [-0.1, -0.05) is 29.4 Å². The monoisotopic (exact) mass is 392 g/mol.